The van der Waals surface area contributed by atoms with Gasteiger partial charge in [-0.2, -0.15) is 0 Å². The second kappa shape index (κ2) is 3.23. The number of hydrogen-bond acceptors (Lipinski definition) is 1. The minimum atomic E-state index is 0.304. The van der Waals surface area contributed by atoms with Crippen molar-refractivity contribution in [1.29, 1.82) is 0 Å². The first-order valence-electron chi connectivity index (χ1n) is 5.77. The molecule has 1 unspecified atom stereocenters. The van der Waals surface area contributed by atoms with Crippen LogP contribution in [0.5, 0.6) is 0 Å². The molecule has 2 aliphatic carbocycles. The molecule has 1 aromatic rings. The molecule has 0 bridgehead atoms. The largest absolute Gasteiger partial charge is 0.327 e. The van der Waals surface area contributed by atoms with E-state index in [1.165, 1.54) is 30.4 Å². The molecule has 15 heavy (non-hydrogen) atoms. The lowest BCUT2D eigenvalue weighted by molar-refractivity contribution is 0.176. The number of benzene rings is 1. The van der Waals surface area contributed by atoms with Gasteiger partial charge in [0.25, 0.3) is 0 Å². The van der Waals surface area contributed by atoms with Crippen LogP contribution >= 0.6 is 11.6 Å². The number of aryl methyl sites for hydroxylation is 1. The molecular weight excluding hydrogens is 206 g/mol. The van der Waals surface area contributed by atoms with Gasteiger partial charge in [0, 0.05) is 16.5 Å². The summed E-state index contributed by atoms with van der Waals surface area (Å²) in [5.74, 6) is 0. The van der Waals surface area contributed by atoms with Crippen LogP contribution in [0.2, 0.25) is 5.02 Å². The SMILES string of the molecule is NC1CCc2cc(Cl)ccc2C12CCC2. The van der Waals surface area contributed by atoms with E-state index in [0.717, 1.165) is 17.9 Å². The van der Waals surface area contributed by atoms with Gasteiger partial charge in [-0.1, -0.05) is 24.1 Å². The first-order chi connectivity index (χ1) is 7.22. The number of fused-ring (bicyclic) bond motifs is 2. The molecule has 0 heterocycles. The quantitative estimate of drug-likeness (QED) is 0.716. The van der Waals surface area contributed by atoms with E-state index in [0.29, 0.717) is 11.5 Å². The molecule has 0 radical (unpaired) electrons. The maximum atomic E-state index is 6.29. The second-order valence-electron chi connectivity index (χ2n) is 4.96. The van der Waals surface area contributed by atoms with Gasteiger partial charge in [0.2, 0.25) is 0 Å². The van der Waals surface area contributed by atoms with Crippen molar-refractivity contribution in [2.24, 2.45) is 5.73 Å². The van der Waals surface area contributed by atoms with Crippen LogP contribution in [0.4, 0.5) is 0 Å². The number of halogens is 1. The van der Waals surface area contributed by atoms with Crippen molar-refractivity contribution in [1.82, 2.24) is 0 Å². The predicted octanol–water partition coefficient (Wildman–Crippen LogP) is 3.04. The maximum absolute atomic E-state index is 6.29. The van der Waals surface area contributed by atoms with Gasteiger partial charge in [0.1, 0.15) is 0 Å². The average Bonchev–Trinajstić information content (AvgIpc) is 2.15. The Labute approximate surface area is 95.6 Å². The molecular formula is C13H16ClN. The van der Waals surface area contributed by atoms with Crippen molar-refractivity contribution in [3.8, 4) is 0 Å². The van der Waals surface area contributed by atoms with Gasteiger partial charge in [-0.3, -0.25) is 0 Å². The van der Waals surface area contributed by atoms with Crippen molar-refractivity contribution >= 4 is 11.6 Å². The van der Waals surface area contributed by atoms with Gasteiger partial charge in [0.05, 0.1) is 0 Å². The highest BCUT2D eigenvalue weighted by Gasteiger charge is 2.46. The van der Waals surface area contributed by atoms with E-state index in [-0.39, 0.29) is 0 Å². The van der Waals surface area contributed by atoms with Crippen LogP contribution in [0, 0.1) is 0 Å². The summed E-state index contributed by atoms with van der Waals surface area (Å²) in [7, 11) is 0. The van der Waals surface area contributed by atoms with Gasteiger partial charge >= 0.3 is 0 Å². The Morgan fingerprint density at radius 3 is 2.80 bits per heavy atom. The lowest BCUT2D eigenvalue weighted by Crippen LogP contribution is -2.53. The first-order valence-corrected chi connectivity index (χ1v) is 6.15. The van der Waals surface area contributed by atoms with Gasteiger partial charge in [-0.05, 0) is 48.9 Å². The standard InChI is InChI=1S/C13H16ClN/c14-10-3-4-11-9(8-10)2-5-12(15)13(11)6-1-7-13/h3-4,8,12H,1-2,5-7,15H2. The summed E-state index contributed by atoms with van der Waals surface area (Å²) in [4.78, 5) is 0. The zero-order chi connectivity index (χ0) is 10.5. The Morgan fingerprint density at radius 2 is 2.13 bits per heavy atom. The van der Waals surface area contributed by atoms with Crippen molar-refractivity contribution in [3.05, 3.63) is 34.3 Å². The Morgan fingerprint density at radius 1 is 1.33 bits per heavy atom. The minimum absolute atomic E-state index is 0.304. The molecule has 1 fully saturated rings. The number of hydrogen-bond donors (Lipinski definition) is 1. The average molecular weight is 222 g/mol. The fourth-order valence-electron chi connectivity index (χ4n) is 3.24. The summed E-state index contributed by atoms with van der Waals surface area (Å²) < 4.78 is 0. The van der Waals surface area contributed by atoms with Gasteiger partial charge < -0.3 is 5.73 Å². The molecule has 0 saturated heterocycles. The summed E-state index contributed by atoms with van der Waals surface area (Å²) in [6.45, 7) is 0. The fraction of sp³-hybridized carbons (Fsp3) is 0.538. The summed E-state index contributed by atoms with van der Waals surface area (Å²) in [5, 5.41) is 0.860. The third-order valence-electron chi connectivity index (χ3n) is 4.28. The molecule has 0 aliphatic heterocycles. The smallest absolute Gasteiger partial charge is 0.0408 e. The van der Waals surface area contributed by atoms with Crippen molar-refractivity contribution in [2.75, 3.05) is 0 Å². The van der Waals surface area contributed by atoms with Gasteiger partial charge in [-0.25, -0.2) is 0 Å². The normalized spacial score (nSPS) is 27.2. The highest BCUT2D eigenvalue weighted by molar-refractivity contribution is 6.30. The van der Waals surface area contributed by atoms with Crippen molar-refractivity contribution in [2.45, 2.75) is 43.6 Å². The van der Waals surface area contributed by atoms with E-state index in [4.69, 9.17) is 17.3 Å². The maximum Gasteiger partial charge on any atom is 0.0408 e. The zero-order valence-electron chi connectivity index (χ0n) is 8.80. The topological polar surface area (TPSA) is 26.0 Å². The molecule has 2 aliphatic rings. The molecule has 0 amide bonds. The molecule has 1 nitrogen and oxygen atoms in total. The fourth-order valence-corrected chi connectivity index (χ4v) is 3.43. The molecule has 0 aromatic heterocycles. The Kier molecular flexibility index (Phi) is 2.08. The molecule has 80 valence electrons. The second-order valence-corrected chi connectivity index (χ2v) is 5.39. The first kappa shape index (κ1) is 9.68. The molecule has 2 N–H and O–H groups in total. The lowest BCUT2D eigenvalue weighted by atomic mass is 9.56. The lowest BCUT2D eigenvalue weighted by Gasteiger charge is -2.50. The molecule has 1 saturated carbocycles. The third kappa shape index (κ3) is 1.26. The van der Waals surface area contributed by atoms with Gasteiger partial charge in [0.15, 0.2) is 0 Å². The van der Waals surface area contributed by atoms with Gasteiger partial charge in [-0.15, -0.1) is 0 Å². The van der Waals surface area contributed by atoms with Crippen LogP contribution in [0.25, 0.3) is 0 Å². The van der Waals surface area contributed by atoms with Crippen LogP contribution in [0.1, 0.15) is 36.8 Å². The molecule has 3 rings (SSSR count). The minimum Gasteiger partial charge on any atom is -0.327 e. The van der Waals surface area contributed by atoms with E-state index >= 15 is 0 Å². The van der Waals surface area contributed by atoms with E-state index < -0.39 is 0 Å². The predicted molar refractivity (Wildman–Crippen MR) is 63.3 cm³/mol. The van der Waals surface area contributed by atoms with Crippen LogP contribution in [0.15, 0.2) is 18.2 Å². The van der Waals surface area contributed by atoms with Crippen LogP contribution in [-0.4, -0.2) is 6.04 Å². The van der Waals surface area contributed by atoms with Crippen LogP contribution in [0.3, 0.4) is 0 Å². The van der Waals surface area contributed by atoms with E-state index in [1.54, 1.807) is 0 Å². The highest BCUT2D eigenvalue weighted by Crippen LogP contribution is 2.50. The summed E-state index contributed by atoms with van der Waals surface area (Å²) in [5.41, 5.74) is 9.52. The monoisotopic (exact) mass is 221 g/mol. The third-order valence-corrected chi connectivity index (χ3v) is 4.52. The van der Waals surface area contributed by atoms with E-state index in [9.17, 15) is 0 Å². The van der Waals surface area contributed by atoms with Crippen molar-refractivity contribution < 1.29 is 0 Å². The summed E-state index contributed by atoms with van der Waals surface area (Å²) >= 11 is 6.04. The molecule has 1 spiro atoms. The Balaban J connectivity index is 2.12. The van der Waals surface area contributed by atoms with Crippen LogP contribution < -0.4 is 5.73 Å². The van der Waals surface area contributed by atoms with E-state index in [1.807, 2.05) is 6.07 Å². The summed E-state index contributed by atoms with van der Waals surface area (Å²) in [6.07, 6.45) is 6.08. The van der Waals surface area contributed by atoms with Crippen molar-refractivity contribution in [3.63, 3.8) is 0 Å². The molecule has 1 aromatic carbocycles. The highest BCUT2D eigenvalue weighted by atomic mass is 35.5. The van der Waals surface area contributed by atoms with E-state index in [2.05, 4.69) is 12.1 Å². The Bertz CT molecular complexity index is 396. The molecule has 1 atom stereocenters. The number of rotatable bonds is 0. The van der Waals surface area contributed by atoms with Crippen LogP contribution in [-0.2, 0) is 11.8 Å². The zero-order valence-corrected chi connectivity index (χ0v) is 9.56. The Hall–Kier alpha value is -0.530. The summed E-state index contributed by atoms with van der Waals surface area (Å²) in [6, 6.07) is 6.71. The number of nitrogens with two attached hydrogens (primary N) is 1. The molecule has 2 heteroatoms.